The van der Waals surface area contributed by atoms with Gasteiger partial charge in [-0.05, 0) is 12.5 Å². The van der Waals surface area contributed by atoms with Gasteiger partial charge in [0.15, 0.2) is 6.10 Å². The molecule has 0 spiro atoms. The van der Waals surface area contributed by atoms with Gasteiger partial charge in [0.05, 0.1) is 12.6 Å². The summed E-state index contributed by atoms with van der Waals surface area (Å²) in [5.41, 5.74) is 1.58. The van der Waals surface area contributed by atoms with Crippen molar-refractivity contribution in [1.82, 2.24) is 4.90 Å². The zero-order valence-electron chi connectivity index (χ0n) is 12.3. The summed E-state index contributed by atoms with van der Waals surface area (Å²) in [5, 5.41) is 0. The largest absolute Gasteiger partial charge is 0.436 e. The number of cyclic esters (lactones) is 1. The molecule has 0 radical (unpaired) electrons. The Balaban J connectivity index is 1.75. The van der Waals surface area contributed by atoms with Crippen LogP contribution in [0.5, 0.6) is 0 Å². The molecule has 3 rings (SSSR count). The first-order chi connectivity index (χ1) is 10.7. The molecule has 0 aliphatic carbocycles. The second kappa shape index (κ2) is 6.02. The average Bonchev–Trinajstić information content (AvgIpc) is 2.97. The van der Waals surface area contributed by atoms with Crippen LogP contribution in [0.25, 0.3) is 0 Å². The number of benzene rings is 2. The van der Waals surface area contributed by atoms with Gasteiger partial charge in [-0.25, -0.2) is 4.79 Å². The summed E-state index contributed by atoms with van der Waals surface area (Å²) in [6.07, 6.45) is -1.17. The Hall–Kier alpha value is -2.62. The number of Topliss-reactive ketones (excluding diaryl/α,β-unsaturated/α-hetero) is 1. The first kappa shape index (κ1) is 14.3. The number of nitrogens with zero attached hydrogens (tertiary/aromatic N) is 1. The maximum atomic E-state index is 12.4. The van der Waals surface area contributed by atoms with E-state index >= 15 is 0 Å². The van der Waals surface area contributed by atoms with E-state index in [-0.39, 0.29) is 18.4 Å². The molecule has 2 aromatic carbocycles. The van der Waals surface area contributed by atoms with Crippen LogP contribution in [0, 0.1) is 0 Å². The van der Waals surface area contributed by atoms with Crippen molar-refractivity contribution in [3.63, 3.8) is 0 Å². The summed E-state index contributed by atoms with van der Waals surface area (Å²) in [7, 11) is 0. The molecule has 0 saturated carbocycles. The minimum atomic E-state index is -0.735. The Bertz CT molecular complexity index is 669. The van der Waals surface area contributed by atoms with Crippen LogP contribution in [0.15, 0.2) is 60.7 Å². The summed E-state index contributed by atoms with van der Waals surface area (Å²) in [6.45, 7) is 2.22. The van der Waals surface area contributed by atoms with Crippen LogP contribution in [0.4, 0.5) is 4.79 Å². The molecule has 2 aromatic rings. The first-order valence-electron chi connectivity index (χ1n) is 7.28. The summed E-state index contributed by atoms with van der Waals surface area (Å²) in [4.78, 5) is 26.1. The van der Waals surface area contributed by atoms with Crippen LogP contribution in [0.3, 0.4) is 0 Å². The molecule has 4 heteroatoms. The van der Waals surface area contributed by atoms with Crippen molar-refractivity contribution >= 4 is 11.9 Å². The molecule has 0 N–H and O–H groups in total. The smallest absolute Gasteiger partial charge is 0.411 e. The molecule has 112 valence electrons. The number of hydrogen-bond donors (Lipinski definition) is 0. The third-order valence-corrected chi connectivity index (χ3v) is 3.94. The predicted molar refractivity (Wildman–Crippen MR) is 82.6 cm³/mol. The van der Waals surface area contributed by atoms with Gasteiger partial charge in [-0.3, -0.25) is 9.69 Å². The highest BCUT2D eigenvalue weighted by molar-refractivity contribution is 6.01. The van der Waals surface area contributed by atoms with Crippen LogP contribution < -0.4 is 0 Å². The van der Waals surface area contributed by atoms with E-state index in [1.165, 1.54) is 0 Å². The van der Waals surface area contributed by atoms with E-state index in [1.54, 1.807) is 29.2 Å². The van der Waals surface area contributed by atoms with Gasteiger partial charge in [0.2, 0.25) is 5.78 Å². The molecule has 2 atom stereocenters. The average molecular weight is 295 g/mol. The van der Waals surface area contributed by atoms with E-state index in [0.717, 1.165) is 5.56 Å². The molecular formula is C18H17NO3. The van der Waals surface area contributed by atoms with Crippen LogP contribution in [-0.2, 0) is 4.74 Å². The molecule has 1 heterocycles. The first-order valence-corrected chi connectivity index (χ1v) is 7.28. The lowest BCUT2D eigenvalue weighted by molar-refractivity contribution is 0.0760. The molecule has 22 heavy (non-hydrogen) atoms. The van der Waals surface area contributed by atoms with Crippen LogP contribution in [0.1, 0.15) is 28.9 Å². The molecule has 1 aliphatic rings. The van der Waals surface area contributed by atoms with Gasteiger partial charge in [0, 0.05) is 5.56 Å². The SMILES string of the molecule is C[C@H](c1ccccc1)N1C[C@@H](C(=O)c2ccccc2)OC1=O. The molecular weight excluding hydrogens is 278 g/mol. The van der Waals surface area contributed by atoms with Gasteiger partial charge in [0.25, 0.3) is 0 Å². The van der Waals surface area contributed by atoms with E-state index in [9.17, 15) is 9.59 Å². The van der Waals surface area contributed by atoms with E-state index < -0.39 is 12.2 Å². The topological polar surface area (TPSA) is 46.6 Å². The fraction of sp³-hybridized carbons (Fsp3) is 0.222. The number of hydrogen-bond acceptors (Lipinski definition) is 3. The predicted octanol–water partition coefficient (Wildman–Crippen LogP) is 3.45. The summed E-state index contributed by atoms with van der Waals surface area (Å²) in [5.74, 6) is -0.156. The van der Waals surface area contributed by atoms with Crippen LogP contribution >= 0.6 is 0 Å². The van der Waals surface area contributed by atoms with Crippen LogP contribution in [-0.4, -0.2) is 29.4 Å². The van der Waals surface area contributed by atoms with Crippen molar-refractivity contribution in [2.45, 2.75) is 19.1 Å². The molecule has 1 saturated heterocycles. The Kier molecular flexibility index (Phi) is 3.92. The third kappa shape index (κ3) is 2.72. The second-order valence-corrected chi connectivity index (χ2v) is 5.34. The fourth-order valence-electron chi connectivity index (χ4n) is 2.63. The summed E-state index contributed by atoms with van der Waals surface area (Å²) < 4.78 is 5.27. The molecule has 0 aromatic heterocycles. The van der Waals surface area contributed by atoms with E-state index in [0.29, 0.717) is 5.56 Å². The zero-order valence-corrected chi connectivity index (χ0v) is 12.3. The minimum absolute atomic E-state index is 0.123. The van der Waals surface area contributed by atoms with Gasteiger partial charge in [-0.1, -0.05) is 60.7 Å². The molecule has 0 bridgehead atoms. The monoisotopic (exact) mass is 295 g/mol. The number of ketones is 1. The van der Waals surface area contributed by atoms with Gasteiger partial charge < -0.3 is 4.74 Å². The Labute approximate surface area is 129 Å². The minimum Gasteiger partial charge on any atom is -0.436 e. The fourth-order valence-corrected chi connectivity index (χ4v) is 2.63. The standard InChI is InChI=1S/C18H17NO3/c1-13(14-8-4-2-5-9-14)19-12-16(22-18(19)21)17(20)15-10-6-3-7-11-15/h2-11,13,16H,12H2,1H3/t13-,16+/m1/s1. The lowest BCUT2D eigenvalue weighted by Crippen LogP contribution is -2.30. The van der Waals surface area contributed by atoms with E-state index in [2.05, 4.69) is 0 Å². The van der Waals surface area contributed by atoms with Gasteiger partial charge >= 0.3 is 6.09 Å². The number of carbonyl (C=O) groups excluding carboxylic acids is 2. The second-order valence-electron chi connectivity index (χ2n) is 5.34. The maximum absolute atomic E-state index is 12.4. The lowest BCUT2D eigenvalue weighted by Gasteiger charge is -2.22. The Morgan fingerprint density at radius 3 is 2.32 bits per heavy atom. The van der Waals surface area contributed by atoms with Gasteiger partial charge in [0.1, 0.15) is 0 Å². The normalized spacial score (nSPS) is 18.9. The van der Waals surface area contributed by atoms with Crippen molar-refractivity contribution in [2.75, 3.05) is 6.54 Å². The Morgan fingerprint density at radius 1 is 1.09 bits per heavy atom. The molecule has 1 fully saturated rings. The zero-order chi connectivity index (χ0) is 15.5. The number of ether oxygens (including phenoxy) is 1. The van der Waals surface area contributed by atoms with Gasteiger partial charge in [-0.2, -0.15) is 0 Å². The summed E-state index contributed by atoms with van der Waals surface area (Å²) in [6, 6.07) is 18.5. The maximum Gasteiger partial charge on any atom is 0.411 e. The highest BCUT2D eigenvalue weighted by atomic mass is 16.6. The van der Waals surface area contributed by atoms with Gasteiger partial charge in [-0.15, -0.1) is 0 Å². The quantitative estimate of drug-likeness (QED) is 0.812. The third-order valence-electron chi connectivity index (χ3n) is 3.94. The van der Waals surface area contributed by atoms with Crippen molar-refractivity contribution in [1.29, 1.82) is 0 Å². The highest BCUT2D eigenvalue weighted by Gasteiger charge is 2.38. The lowest BCUT2D eigenvalue weighted by atomic mass is 10.0. The van der Waals surface area contributed by atoms with Crippen LogP contribution in [0.2, 0.25) is 0 Å². The van der Waals surface area contributed by atoms with Crippen molar-refractivity contribution in [3.8, 4) is 0 Å². The molecule has 1 amide bonds. The number of amides is 1. The van der Waals surface area contributed by atoms with Crippen molar-refractivity contribution < 1.29 is 14.3 Å². The molecule has 4 nitrogen and oxygen atoms in total. The van der Waals surface area contributed by atoms with E-state index in [4.69, 9.17) is 4.74 Å². The number of carbonyl (C=O) groups is 2. The van der Waals surface area contributed by atoms with Crippen molar-refractivity contribution in [3.05, 3.63) is 71.8 Å². The molecule has 0 unspecified atom stereocenters. The van der Waals surface area contributed by atoms with E-state index in [1.807, 2.05) is 43.3 Å². The highest BCUT2D eigenvalue weighted by Crippen LogP contribution is 2.26. The summed E-state index contributed by atoms with van der Waals surface area (Å²) >= 11 is 0. The number of rotatable bonds is 4. The molecule has 1 aliphatic heterocycles. The van der Waals surface area contributed by atoms with Crippen molar-refractivity contribution in [2.24, 2.45) is 0 Å². The Morgan fingerprint density at radius 2 is 1.68 bits per heavy atom.